The van der Waals surface area contributed by atoms with Gasteiger partial charge in [-0.15, -0.1) is 0 Å². The quantitative estimate of drug-likeness (QED) is 0.738. The van der Waals surface area contributed by atoms with Crippen LogP contribution >= 0.6 is 0 Å². The van der Waals surface area contributed by atoms with Crippen molar-refractivity contribution in [3.05, 3.63) is 59.5 Å². The molecule has 1 fully saturated rings. The van der Waals surface area contributed by atoms with Gasteiger partial charge in [-0.2, -0.15) is 5.10 Å². The summed E-state index contributed by atoms with van der Waals surface area (Å²) in [5, 5.41) is 11.4. The number of aromatic nitrogens is 2. The SMILES string of the molecule is Fc1cc(F)c(CN2CCCC(Nc3ccc4[nH]ncc4c3)C2)c(F)c1. The standard InChI is InChI=1S/C19H19F3N4/c20-13-7-17(21)16(18(22)8-13)11-26-5-1-2-15(10-26)24-14-3-4-19-12(6-14)9-23-25-19/h3-4,6-9,15,24H,1-2,5,10-11H2,(H,23,25). The maximum absolute atomic E-state index is 13.9. The van der Waals surface area contributed by atoms with Crippen LogP contribution in [0.15, 0.2) is 36.5 Å². The van der Waals surface area contributed by atoms with E-state index in [2.05, 4.69) is 15.5 Å². The minimum absolute atomic E-state index is 0.0770. The summed E-state index contributed by atoms with van der Waals surface area (Å²) in [5.41, 5.74) is 1.89. The summed E-state index contributed by atoms with van der Waals surface area (Å²) in [6.07, 6.45) is 3.68. The molecule has 2 N–H and O–H groups in total. The van der Waals surface area contributed by atoms with Gasteiger partial charge in [0.2, 0.25) is 0 Å². The Morgan fingerprint density at radius 2 is 1.96 bits per heavy atom. The summed E-state index contributed by atoms with van der Waals surface area (Å²) in [7, 11) is 0. The molecule has 0 aliphatic carbocycles. The predicted octanol–water partition coefficient (Wildman–Crippen LogP) is 4.06. The van der Waals surface area contributed by atoms with Crippen molar-refractivity contribution >= 4 is 16.6 Å². The van der Waals surface area contributed by atoms with E-state index in [0.717, 1.165) is 48.1 Å². The Morgan fingerprint density at radius 1 is 1.15 bits per heavy atom. The van der Waals surface area contributed by atoms with E-state index in [1.807, 2.05) is 23.1 Å². The van der Waals surface area contributed by atoms with Gasteiger partial charge in [0.25, 0.3) is 0 Å². The van der Waals surface area contributed by atoms with E-state index in [1.165, 1.54) is 0 Å². The van der Waals surface area contributed by atoms with Gasteiger partial charge in [0, 0.05) is 47.9 Å². The van der Waals surface area contributed by atoms with E-state index < -0.39 is 17.5 Å². The lowest BCUT2D eigenvalue weighted by molar-refractivity contribution is 0.203. The van der Waals surface area contributed by atoms with Gasteiger partial charge in [0.1, 0.15) is 17.5 Å². The second-order valence-corrected chi connectivity index (χ2v) is 6.74. The lowest BCUT2D eigenvalue weighted by Crippen LogP contribution is -2.41. The lowest BCUT2D eigenvalue weighted by Gasteiger charge is -2.33. The molecule has 1 aliphatic rings. The van der Waals surface area contributed by atoms with Crippen molar-refractivity contribution in [2.45, 2.75) is 25.4 Å². The van der Waals surface area contributed by atoms with Gasteiger partial charge in [-0.3, -0.25) is 10.00 Å². The zero-order valence-corrected chi connectivity index (χ0v) is 14.1. The molecule has 0 amide bonds. The minimum atomic E-state index is -0.892. The molecule has 3 aromatic rings. The normalized spacial score (nSPS) is 18.3. The summed E-state index contributed by atoms with van der Waals surface area (Å²) in [5.74, 6) is -2.55. The number of H-pyrrole nitrogens is 1. The molecule has 7 heteroatoms. The fourth-order valence-electron chi connectivity index (χ4n) is 3.53. The molecular weight excluding hydrogens is 341 g/mol. The van der Waals surface area contributed by atoms with E-state index in [9.17, 15) is 13.2 Å². The number of fused-ring (bicyclic) bond motifs is 1. The topological polar surface area (TPSA) is 44.0 Å². The average molecular weight is 360 g/mol. The number of halogens is 3. The fraction of sp³-hybridized carbons (Fsp3) is 0.316. The number of nitrogens with zero attached hydrogens (tertiary/aromatic N) is 2. The number of piperidine rings is 1. The molecule has 136 valence electrons. The number of aromatic amines is 1. The summed E-state index contributed by atoms with van der Waals surface area (Å²) in [6, 6.07) is 7.63. The molecule has 4 rings (SSSR count). The largest absolute Gasteiger partial charge is 0.381 e. The van der Waals surface area contributed by atoms with Gasteiger partial charge in [-0.1, -0.05) is 0 Å². The van der Waals surface area contributed by atoms with Crippen molar-refractivity contribution in [3.8, 4) is 0 Å². The van der Waals surface area contributed by atoms with Crippen molar-refractivity contribution in [2.24, 2.45) is 0 Å². The number of rotatable bonds is 4. The summed E-state index contributed by atoms with van der Waals surface area (Å²) < 4.78 is 40.9. The van der Waals surface area contributed by atoms with Gasteiger partial charge >= 0.3 is 0 Å². The third-order valence-electron chi connectivity index (χ3n) is 4.80. The smallest absolute Gasteiger partial charge is 0.133 e. The second-order valence-electron chi connectivity index (χ2n) is 6.74. The molecule has 1 unspecified atom stereocenters. The van der Waals surface area contributed by atoms with Gasteiger partial charge in [-0.25, -0.2) is 13.2 Å². The van der Waals surface area contributed by atoms with Crippen LogP contribution in [0.5, 0.6) is 0 Å². The number of nitrogens with one attached hydrogen (secondary N) is 2. The Hall–Kier alpha value is -2.54. The van der Waals surface area contributed by atoms with Crippen LogP contribution in [-0.4, -0.2) is 34.2 Å². The minimum Gasteiger partial charge on any atom is -0.381 e. The molecule has 0 spiro atoms. The first kappa shape index (κ1) is 16.9. The summed E-state index contributed by atoms with van der Waals surface area (Å²) >= 11 is 0. The van der Waals surface area contributed by atoms with E-state index in [0.29, 0.717) is 6.54 Å². The molecule has 1 aliphatic heterocycles. The Balaban J connectivity index is 1.44. The van der Waals surface area contributed by atoms with Crippen LogP contribution in [0, 0.1) is 17.5 Å². The third-order valence-corrected chi connectivity index (χ3v) is 4.80. The first-order chi connectivity index (χ1) is 12.6. The van der Waals surface area contributed by atoms with Crippen molar-refractivity contribution in [1.29, 1.82) is 0 Å². The average Bonchev–Trinajstić information content (AvgIpc) is 3.06. The highest BCUT2D eigenvalue weighted by molar-refractivity contribution is 5.81. The molecule has 26 heavy (non-hydrogen) atoms. The molecule has 4 nitrogen and oxygen atoms in total. The van der Waals surface area contributed by atoms with Gasteiger partial charge in [0.05, 0.1) is 11.7 Å². The predicted molar refractivity (Wildman–Crippen MR) is 94.3 cm³/mol. The summed E-state index contributed by atoms with van der Waals surface area (Å²) in [6.45, 7) is 1.56. The zero-order valence-electron chi connectivity index (χ0n) is 14.1. The zero-order chi connectivity index (χ0) is 18.1. The Labute approximate surface area is 149 Å². The molecule has 1 aromatic heterocycles. The highest BCUT2D eigenvalue weighted by atomic mass is 19.1. The van der Waals surface area contributed by atoms with E-state index in [1.54, 1.807) is 6.20 Å². The number of hydrogen-bond acceptors (Lipinski definition) is 3. The van der Waals surface area contributed by atoms with Crippen LogP contribution < -0.4 is 5.32 Å². The monoisotopic (exact) mass is 360 g/mol. The molecule has 0 saturated carbocycles. The van der Waals surface area contributed by atoms with Crippen LogP contribution in [0.2, 0.25) is 0 Å². The number of anilines is 1. The van der Waals surface area contributed by atoms with Crippen LogP contribution in [0.4, 0.5) is 18.9 Å². The molecule has 1 atom stereocenters. The fourth-order valence-corrected chi connectivity index (χ4v) is 3.53. The Kier molecular flexibility index (Phi) is 4.55. The highest BCUT2D eigenvalue weighted by Gasteiger charge is 2.22. The van der Waals surface area contributed by atoms with Crippen LogP contribution in [0.25, 0.3) is 10.9 Å². The van der Waals surface area contributed by atoms with Gasteiger partial charge < -0.3 is 5.32 Å². The van der Waals surface area contributed by atoms with E-state index in [-0.39, 0.29) is 18.2 Å². The van der Waals surface area contributed by atoms with Crippen molar-refractivity contribution in [1.82, 2.24) is 15.1 Å². The molecule has 0 radical (unpaired) electrons. The lowest BCUT2D eigenvalue weighted by atomic mass is 10.0. The van der Waals surface area contributed by atoms with E-state index in [4.69, 9.17) is 0 Å². The van der Waals surface area contributed by atoms with Crippen molar-refractivity contribution < 1.29 is 13.2 Å². The summed E-state index contributed by atoms with van der Waals surface area (Å²) in [4.78, 5) is 2.00. The first-order valence-electron chi connectivity index (χ1n) is 8.64. The number of likely N-dealkylation sites (tertiary alicyclic amines) is 1. The highest BCUT2D eigenvalue weighted by Crippen LogP contribution is 2.23. The number of benzene rings is 2. The molecule has 2 aromatic carbocycles. The maximum atomic E-state index is 13.9. The Morgan fingerprint density at radius 3 is 2.77 bits per heavy atom. The van der Waals surface area contributed by atoms with Crippen LogP contribution in [0.3, 0.4) is 0 Å². The molecule has 0 bridgehead atoms. The Bertz CT molecular complexity index is 901. The van der Waals surface area contributed by atoms with E-state index >= 15 is 0 Å². The van der Waals surface area contributed by atoms with Gasteiger partial charge in [-0.05, 0) is 37.6 Å². The molecular formula is C19H19F3N4. The van der Waals surface area contributed by atoms with Crippen molar-refractivity contribution in [3.63, 3.8) is 0 Å². The van der Waals surface area contributed by atoms with Crippen LogP contribution in [0.1, 0.15) is 18.4 Å². The number of hydrogen-bond donors (Lipinski definition) is 2. The molecule has 1 saturated heterocycles. The first-order valence-corrected chi connectivity index (χ1v) is 8.64. The molecule has 2 heterocycles. The second kappa shape index (κ2) is 6.99. The van der Waals surface area contributed by atoms with Crippen molar-refractivity contribution in [2.75, 3.05) is 18.4 Å². The van der Waals surface area contributed by atoms with Gasteiger partial charge in [0.15, 0.2) is 0 Å². The van der Waals surface area contributed by atoms with Crippen LogP contribution in [-0.2, 0) is 6.54 Å². The third kappa shape index (κ3) is 3.53. The maximum Gasteiger partial charge on any atom is 0.133 e.